The highest BCUT2D eigenvalue weighted by atomic mass is 35.5. The Bertz CT molecular complexity index is 308. The Hall–Kier alpha value is -0.790. The van der Waals surface area contributed by atoms with E-state index >= 15 is 0 Å². The van der Waals surface area contributed by atoms with Gasteiger partial charge in [0.1, 0.15) is 0 Å². The quantitative estimate of drug-likeness (QED) is 0.597. The first-order chi connectivity index (χ1) is 7.23. The van der Waals surface area contributed by atoms with Crippen molar-refractivity contribution in [2.75, 3.05) is 12.4 Å². The Balaban J connectivity index is 2.76. The van der Waals surface area contributed by atoms with Crippen molar-refractivity contribution >= 4 is 11.6 Å². The highest BCUT2D eigenvalue weighted by molar-refractivity contribution is 6.18. The molecule has 1 N–H and O–H groups in total. The molecule has 1 aromatic carbocycles. The first-order valence-electron chi connectivity index (χ1n) is 5.20. The van der Waals surface area contributed by atoms with E-state index in [1.165, 1.54) is 5.56 Å². The molecule has 0 heterocycles. The molecule has 82 valence electrons. The van der Waals surface area contributed by atoms with Crippen molar-refractivity contribution in [2.24, 2.45) is 0 Å². The fourth-order valence-electron chi connectivity index (χ4n) is 1.43. The first-order valence-corrected chi connectivity index (χ1v) is 5.74. The minimum atomic E-state index is -0.150. The van der Waals surface area contributed by atoms with Crippen LogP contribution in [-0.2, 0) is 5.54 Å². The van der Waals surface area contributed by atoms with Gasteiger partial charge in [0.05, 0.1) is 5.54 Å². The number of halogens is 1. The summed E-state index contributed by atoms with van der Waals surface area (Å²) in [4.78, 5) is 0. The maximum atomic E-state index is 6.04. The molecule has 0 saturated carbocycles. The van der Waals surface area contributed by atoms with Gasteiger partial charge in [-0.3, -0.25) is 0 Å². The van der Waals surface area contributed by atoms with Gasteiger partial charge in [-0.05, 0) is 19.4 Å². The van der Waals surface area contributed by atoms with Crippen molar-refractivity contribution in [1.82, 2.24) is 5.32 Å². The van der Waals surface area contributed by atoms with E-state index < -0.39 is 0 Å². The van der Waals surface area contributed by atoms with Gasteiger partial charge in [-0.1, -0.05) is 42.5 Å². The van der Waals surface area contributed by atoms with Crippen LogP contribution in [0, 0.1) is 0 Å². The molecule has 2 heteroatoms. The molecular formula is C13H18ClN. The van der Waals surface area contributed by atoms with Crippen LogP contribution in [0.1, 0.15) is 19.4 Å². The third-order valence-electron chi connectivity index (χ3n) is 2.52. The fraction of sp³-hybridized carbons (Fsp3) is 0.385. The lowest BCUT2D eigenvalue weighted by Crippen LogP contribution is -2.41. The smallest absolute Gasteiger partial charge is 0.0545 e. The van der Waals surface area contributed by atoms with Crippen molar-refractivity contribution in [1.29, 1.82) is 0 Å². The summed E-state index contributed by atoms with van der Waals surface area (Å²) in [6.45, 7) is 4.98. The third kappa shape index (κ3) is 3.37. The molecule has 0 fully saturated rings. The maximum absolute atomic E-state index is 6.04. The highest BCUT2D eigenvalue weighted by Gasteiger charge is 2.23. The highest BCUT2D eigenvalue weighted by Crippen LogP contribution is 2.21. The molecular weight excluding hydrogens is 206 g/mol. The van der Waals surface area contributed by atoms with Gasteiger partial charge in [0.15, 0.2) is 0 Å². The molecule has 0 aliphatic heterocycles. The van der Waals surface area contributed by atoms with Crippen LogP contribution in [0.15, 0.2) is 42.5 Å². The summed E-state index contributed by atoms with van der Waals surface area (Å²) in [6, 6.07) is 10.3. The number of nitrogens with one attached hydrogen (secondary N) is 1. The molecule has 0 aliphatic carbocycles. The summed E-state index contributed by atoms with van der Waals surface area (Å²) in [6.07, 6.45) is 4.13. The lowest BCUT2D eigenvalue weighted by Gasteiger charge is -2.28. The van der Waals surface area contributed by atoms with Gasteiger partial charge in [-0.25, -0.2) is 0 Å². The van der Waals surface area contributed by atoms with Crippen molar-refractivity contribution < 1.29 is 0 Å². The summed E-state index contributed by atoms with van der Waals surface area (Å²) in [5.74, 6) is 0.564. The van der Waals surface area contributed by atoms with E-state index in [0.717, 1.165) is 6.54 Å². The molecule has 15 heavy (non-hydrogen) atoms. The van der Waals surface area contributed by atoms with Crippen LogP contribution in [0.3, 0.4) is 0 Å². The number of benzene rings is 1. The standard InChI is InChI=1S/C13H18ClN/c1-3-4-10-15-13(2,11-14)12-8-6-5-7-9-12/h3-9,15H,10-11H2,1-2H3/b4-3+. The largest absolute Gasteiger partial charge is 0.303 e. The average Bonchev–Trinajstić information content (AvgIpc) is 2.30. The van der Waals surface area contributed by atoms with Crippen LogP contribution in [0.2, 0.25) is 0 Å². The zero-order valence-corrected chi connectivity index (χ0v) is 10.1. The molecule has 0 aromatic heterocycles. The van der Waals surface area contributed by atoms with Gasteiger partial charge in [0.25, 0.3) is 0 Å². The number of alkyl halides is 1. The monoisotopic (exact) mass is 223 g/mol. The minimum absolute atomic E-state index is 0.150. The van der Waals surface area contributed by atoms with Crippen LogP contribution in [-0.4, -0.2) is 12.4 Å². The van der Waals surface area contributed by atoms with Crippen LogP contribution < -0.4 is 5.32 Å². The average molecular weight is 224 g/mol. The van der Waals surface area contributed by atoms with E-state index in [1.54, 1.807) is 0 Å². The Kier molecular flexibility index (Phi) is 4.86. The zero-order chi connectivity index (χ0) is 11.1. The Labute approximate surface area is 97.1 Å². The zero-order valence-electron chi connectivity index (χ0n) is 9.33. The predicted octanol–water partition coefficient (Wildman–Crippen LogP) is 3.31. The topological polar surface area (TPSA) is 12.0 Å². The van der Waals surface area contributed by atoms with Crippen molar-refractivity contribution in [3.8, 4) is 0 Å². The SMILES string of the molecule is C/C=C/CNC(C)(CCl)c1ccccc1. The van der Waals surface area contributed by atoms with Crippen LogP contribution in [0.25, 0.3) is 0 Å². The molecule has 0 amide bonds. The molecule has 0 radical (unpaired) electrons. The second kappa shape index (κ2) is 5.94. The van der Waals surface area contributed by atoms with E-state index in [9.17, 15) is 0 Å². The second-order valence-corrected chi connectivity index (χ2v) is 4.05. The van der Waals surface area contributed by atoms with Gasteiger partial charge < -0.3 is 5.32 Å². The molecule has 0 bridgehead atoms. The lowest BCUT2D eigenvalue weighted by molar-refractivity contribution is 0.431. The van der Waals surface area contributed by atoms with E-state index in [4.69, 9.17) is 11.6 Å². The Morgan fingerprint density at radius 3 is 2.53 bits per heavy atom. The van der Waals surface area contributed by atoms with E-state index in [0.29, 0.717) is 5.88 Å². The molecule has 0 saturated heterocycles. The van der Waals surface area contributed by atoms with Gasteiger partial charge in [-0.15, -0.1) is 11.6 Å². The summed E-state index contributed by atoms with van der Waals surface area (Å²) < 4.78 is 0. The molecule has 1 atom stereocenters. The summed E-state index contributed by atoms with van der Waals surface area (Å²) >= 11 is 6.04. The third-order valence-corrected chi connectivity index (χ3v) is 3.06. The summed E-state index contributed by atoms with van der Waals surface area (Å²) in [5, 5.41) is 3.44. The molecule has 0 spiro atoms. The second-order valence-electron chi connectivity index (χ2n) is 3.78. The summed E-state index contributed by atoms with van der Waals surface area (Å²) in [7, 11) is 0. The predicted molar refractivity (Wildman–Crippen MR) is 67.3 cm³/mol. The molecule has 1 unspecified atom stereocenters. The Morgan fingerprint density at radius 1 is 1.33 bits per heavy atom. The minimum Gasteiger partial charge on any atom is -0.303 e. The van der Waals surface area contributed by atoms with Crippen LogP contribution in [0.4, 0.5) is 0 Å². The first kappa shape index (κ1) is 12.3. The lowest BCUT2D eigenvalue weighted by atomic mass is 9.94. The van der Waals surface area contributed by atoms with E-state index in [-0.39, 0.29) is 5.54 Å². The number of hydrogen-bond acceptors (Lipinski definition) is 1. The van der Waals surface area contributed by atoms with Gasteiger partial charge in [0, 0.05) is 12.4 Å². The number of rotatable bonds is 5. The van der Waals surface area contributed by atoms with E-state index in [1.807, 2.05) is 31.2 Å². The van der Waals surface area contributed by atoms with Crippen LogP contribution in [0.5, 0.6) is 0 Å². The normalized spacial score (nSPS) is 15.4. The van der Waals surface area contributed by atoms with Crippen molar-refractivity contribution in [3.05, 3.63) is 48.0 Å². The molecule has 0 aliphatic rings. The van der Waals surface area contributed by atoms with Gasteiger partial charge >= 0.3 is 0 Å². The number of allylic oxidation sites excluding steroid dienone is 1. The fourth-order valence-corrected chi connectivity index (χ4v) is 1.68. The molecule has 1 nitrogen and oxygen atoms in total. The Morgan fingerprint density at radius 2 is 2.00 bits per heavy atom. The van der Waals surface area contributed by atoms with Crippen molar-refractivity contribution in [3.63, 3.8) is 0 Å². The van der Waals surface area contributed by atoms with Crippen molar-refractivity contribution in [2.45, 2.75) is 19.4 Å². The van der Waals surface area contributed by atoms with Crippen LogP contribution >= 0.6 is 11.6 Å². The van der Waals surface area contributed by atoms with E-state index in [2.05, 4.69) is 30.4 Å². The van der Waals surface area contributed by atoms with Gasteiger partial charge in [0.2, 0.25) is 0 Å². The summed E-state index contributed by atoms with van der Waals surface area (Å²) in [5.41, 5.74) is 1.08. The number of hydrogen-bond donors (Lipinski definition) is 1. The van der Waals surface area contributed by atoms with Gasteiger partial charge in [-0.2, -0.15) is 0 Å². The maximum Gasteiger partial charge on any atom is 0.0545 e. The molecule has 1 aromatic rings. The molecule has 1 rings (SSSR count).